The van der Waals surface area contributed by atoms with Gasteiger partial charge in [-0.1, -0.05) is 6.07 Å². The van der Waals surface area contributed by atoms with Crippen molar-refractivity contribution < 1.29 is 9.47 Å². The highest BCUT2D eigenvalue weighted by Crippen LogP contribution is 2.18. The van der Waals surface area contributed by atoms with Crippen molar-refractivity contribution >= 4 is 29.9 Å². The third-order valence-corrected chi connectivity index (χ3v) is 2.16. The zero-order valence-corrected chi connectivity index (χ0v) is 13.2. The summed E-state index contributed by atoms with van der Waals surface area (Å²) in [6.07, 6.45) is 0. The van der Waals surface area contributed by atoms with Crippen LogP contribution in [0, 0.1) is 0 Å². The summed E-state index contributed by atoms with van der Waals surface area (Å²) in [5, 5.41) is 6.03. The van der Waals surface area contributed by atoms with Gasteiger partial charge in [0.1, 0.15) is 18.1 Å². The van der Waals surface area contributed by atoms with Crippen LogP contribution in [0.2, 0.25) is 0 Å². The van der Waals surface area contributed by atoms with Crippen LogP contribution in [0.4, 0.5) is 0 Å². The van der Waals surface area contributed by atoms with Crippen LogP contribution in [-0.2, 0) is 0 Å². The monoisotopic (exact) mass is 365 g/mol. The minimum absolute atomic E-state index is 0. The second kappa shape index (κ2) is 9.81. The molecule has 1 aromatic carbocycles. The minimum atomic E-state index is 0. The number of guanidine groups is 1. The van der Waals surface area contributed by atoms with Gasteiger partial charge in [-0.05, 0) is 12.1 Å². The van der Waals surface area contributed by atoms with Crippen molar-refractivity contribution in [3.8, 4) is 11.5 Å². The van der Waals surface area contributed by atoms with Crippen molar-refractivity contribution in [1.29, 1.82) is 0 Å². The third kappa shape index (κ3) is 5.95. The zero-order valence-electron chi connectivity index (χ0n) is 10.9. The molecule has 102 valence electrons. The zero-order chi connectivity index (χ0) is 12.5. The molecular weight excluding hydrogens is 345 g/mol. The van der Waals surface area contributed by atoms with Crippen molar-refractivity contribution in [2.24, 2.45) is 4.99 Å². The number of nitrogens with one attached hydrogen (secondary N) is 2. The SMILES string of the molecule is CN=C(NC)NCCOc1cccc(OC)c1.I. The first-order chi connectivity index (χ1) is 8.30. The molecule has 0 saturated heterocycles. The van der Waals surface area contributed by atoms with E-state index in [1.165, 1.54) is 0 Å². The number of methoxy groups -OCH3 is 1. The smallest absolute Gasteiger partial charge is 0.190 e. The highest BCUT2D eigenvalue weighted by atomic mass is 127. The molecule has 0 aliphatic heterocycles. The van der Waals surface area contributed by atoms with Crippen LogP contribution >= 0.6 is 24.0 Å². The van der Waals surface area contributed by atoms with E-state index in [0.29, 0.717) is 13.2 Å². The Morgan fingerprint density at radius 3 is 2.67 bits per heavy atom. The number of halogens is 1. The second-order valence-corrected chi connectivity index (χ2v) is 3.28. The van der Waals surface area contributed by atoms with Crippen molar-refractivity contribution in [2.45, 2.75) is 0 Å². The van der Waals surface area contributed by atoms with Crippen LogP contribution in [-0.4, -0.2) is 40.3 Å². The van der Waals surface area contributed by atoms with Gasteiger partial charge in [-0.15, -0.1) is 24.0 Å². The number of aliphatic imine (C=N–C) groups is 1. The molecule has 0 amide bonds. The maximum Gasteiger partial charge on any atom is 0.190 e. The van der Waals surface area contributed by atoms with E-state index in [2.05, 4.69) is 15.6 Å². The molecule has 0 spiro atoms. The molecule has 0 saturated carbocycles. The third-order valence-electron chi connectivity index (χ3n) is 2.16. The maximum atomic E-state index is 5.56. The molecule has 0 bridgehead atoms. The molecular formula is C12H20IN3O2. The lowest BCUT2D eigenvalue weighted by Gasteiger charge is -2.10. The van der Waals surface area contributed by atoms with E-state index in [-0.39, 0.29) is 24.0 Å². The Labute approximate surface area is 125 Å². The number of benzene rings is 1. The molecule has 0 unspecified atom stereocenters. The quantitative estimate of drug-likeness (QED) is 0.359. The van der Waals surface area contributed by atoms with Gasteiger partial charge in [0.05, 0.1) is 13.7 Å². The Hall–Kier alpha value is -1.18. The van der Waals surface area contributed by atoms with Gasteiger partial charge < -0.3 is 20.1 Å². The number of hydrogen-bond acceptors (Lipinski definition) is 3. The van der Waals surface area contributed by atoms with Gasteiger partial charge in [0, 0.05) is 20.2 Å². The summed E-state index contributed by atoms with van der Waals surface area (Å²) in [5.74, 6) is 2.34. The first-order valence-electron chi connectivity index (χ1n) is 5.45. The van der Waals surface area contributed by atoms with Crippen LogP contribution in [0.3, 0.4) is 0 Å². The van der Waals surface area contributed by atoms with Gasteiger partial charge in [-0.25, -0.2) is 0 Å². The highest BCUT2D eigenvalue weighted by Gasteiger charge is 1.97. The average Bonchev–Trinajstić information content (AvgIpc) is 2.39. The summed E-state index contributed by atoms with van der Waals surface area (Å²) in [4.78, 5) is 4.00. The molecule has 0 radical (unpaired) electrons. The van der Waals surface area contributed by atoms with E-state index in [4.69, 9.17) is 9.47 Å². The lowest BCUT2D eigenvalue weighted by molar-refractivity contribution is 0.319. The van der Waals surface area contributed by atoms with Crippen LogP contribution in [0.1, 0.15) is 0 Å². The summed E-state index contributed by atoms with van der Waals surface area (Å²) in [5.41, 5.74) is 0. The van der Waals surface area contributed by atoms with Gasteiger partial charge in [-0.2, -0.15) is 0 Å². The number of nitrogens with zero attached hydrogens (tertiary/aromatic N) is 1. The standard InChI is InChI=1S/C12H19N3O2.HI/c1-13-12(14-2)15-7-8-17-11-6-4-5-10(9-11)16-3;/h4-6,9H,7-8H2,1-3H3,(H2,13,14,15);1H. The van der Waals surface area contributed by atoms with Gasteiger partial charge in [-0.3, -0.25) is 4.99 Å². The predicted molar refractivity (Wildman–Crippen MR) is 84.3 cm³/mol. The van der Waals surface area contributed by atoms with E-state index in [9.17, 15) is 0 Å². The fraction of sp³-hybridized carbons (Fsp3) is 0.417. The number of ether oxygens (including phenoxy) is 2. The summed E-state index contributed by atoms with van der Waals surface area (Å²) >= 11 is 0. The molecule has 0 aliphatic rings. The molecule has 0 atom stereocenters. The molecule has 1 rings (SSSR count). The largest absolute Gasteiger partial charge is 0.497 e. The molecule has 6 heteroatoms. The van der Waals surface area contributed by atoms with Gasteiger partial charge >= 0.3 is 0 Å². The van der Waals surface area contributed by atoms with E-state index in [0.717, 1.165) is 17.5 Å². The van der Waals surface area contributed by atoms with Gasteiger partial charge in [0.2, 0.25) is 0 Å². The molecule has 0 aliphatic carbocycles. The topological polar surface area (TPSA) is 54.9 Å². The Bertz CT molecular complexity index is 372. The van der Waals surface area contributed by atoms with Crippen LogP contribution in [0.5, 0.6) is 11.5 Å². The fourth-order valence-corrected chi connectivity index (χ4v) is 1.31. The van der Waals surface area contributed by atoms with Crippen LogP contribution in [0.15, 0.2) is 29.3 Å². The molecule has 0 fully saturated rings. The Kier molecular flexibility index (Phi) is 9.17. The molecule has 0 aromatic heterocycles. The van der Waals surface area contributed by atoms with E-state index in [1.54, 1.807) is 14.2 Å². The van der Waals surface area contributed by atoms with Gasteiger partial charge in [0.25, 0.3) is 0 Å². The summed E-state index contributed by atoms with van der Waals surface area (Å²) in [6, 6.07) is 7.53. The minimum Gasteiger partial charge on any atom is -0.497 e. The van der Waals surface area contributed by atoms with Crippen molar-refractivity contribution in [3.63, 3.8) is 0 Å². The Morgan fingerprint density at radius 2 is 2.06 bits per heavy atom. The lowest BCUT2D eigenvalue weighted by Crippen LogP contribution is -2.37. The van der Waals surface area contributed by atoms with Crippen molar-refractivity contribution in [1.82, 2.24) is 10.6 Å². The number of rotatable bonds is 5. The molecule has 0 heterocycles. The molecule has 5 nitrogen and oxygen atoms in total. The predicted octanol–water partition coefficient (Wildman–Crippen LogP) is 1.49. The van der Waals surface area contributed by atoms with Crippen molar-refractivity contribution in [3.05, 3.63) is 24.3 Å². The molecule has 1 aromatic rings. The summed E-state index contributed by atoms with van der Waals surface area (Å²) < 4.78 is 10.7. The van der Waals surface area contributed by atoms with Crippen LogP contribution < -0.4 is 20.1 Å². The Balaban J connectivity index is 0.00000289. The maximum absolute atomic E-state index is 5.56. The molecule has 2 N–H and O–H groups in total. The van der Waals surface area contributed by atoms with Gasteiger partial charge in [0.15, 0.2) is 5.96 Å². The van der Waals surface area contributed by atoms with Crippen LogP contribution in [0.25, 0.3) is 0 Å². The normalized spacial score (nSPS) is 10.3. The highest BCUT2D eigenvalue weighted by molar-refractivity contribution is 14.0. The average molecular weight is 365 g/mol. The van der Waals surface area contributed by atoms with Crippen molar-refractivity contribution in [2.75, 3.05) is 34.4 Å². The Morgan fingerprint density at radius 1 is 1.33 bits per heavy atom. The second-order valence-electron chi connectivity index (χ2n) is 3.28. The summed E-state index contributed by atoms with van der Waals surface area (Å²) in [6.45, 7) is 1.25. The first kappa shape index (κ1) is 16.8. The van der Waals surface area contributed by atoms with E-state index < -0.39 is 0 Å². The van der Waals surface area contributed by atoms with E-state index in [1.807, 2.05) is 31.3 Å². The lowest BCUT2D eigenvalue weighted by atomic mass is 10.3. The first-order valence-corrected chi connectivity index (χ1v) is 5.45. The van der Waals surface area contributed by atoms with E-state index >= 15 is 0 Å². The fourth-order valence-electron chi connectivity index (χ4n) is 1.31. The summed E-state index contributed by atoms with van der Waals surface area (Å²) in [7, 11) is 5.18. The molecule has 18 heavy (non-hydrogen) atoms. The number of hydrogen-bond donors (Lipinski definition) is 2.